The third kappa shape index (κ3) is 1.85. The van der Waals surface area contributed by atoms with E-state index in [1.807, 2.05) is 0 Å². The molecule has 0 radical (unpaired) electrons. The minimum atomic E-state index is -1.24. The number of hydrogen-bond donors (Lipinski definition) is 3. The van der Waals surface area contributed by atoms with Crippen LogP contribution in [0.5, 0.6) is 0 Å². The predicted molar refractivity (Wildman–Crippen MR) is 57.6 cm³/mol. The van der Waals surface area contributed by atoms with Crippen molar-refractivity contribution in [2.24, 2.45) is 5.73 Å². The van der Waals surface area contributed by atoms with E-state index in [1.54, 1.807) is 0 Å². The standard InChI is InChI=1S/C11H12N2O2/c12-9(11(14)15)5-7-6-13-10-4-2-1-3-8(7)10/h1-4,6,9,13H,5,12H2,(H,14,15)/t9-/m0/s1/i1D,2D,3D,4D,6D,12+1,13+1. The summed E-state index contributed by atoms with van der Waals surface area (Å²) in [6.07, 6.45) is -0.334. The Morgan fingerprint density at radius 1 is 1.60 bits per heavy atom. The number of aliphatic carboxylic acids is 1. The Hall–Kier alpha value is -1.81. The van der Waals surface area contributed by atoms with Crippen molar-refractivity contribution in [2.45, 2.75) is 12.5 Å². The van der Waals surface area contributed by atoms with E-state index in [0.29, 0.717) is 0 Å². The van der Waals surface area contributed by atoms with Gasteiger partial charge in [-0.05, 0) is 11.6 Å². The van der Waals surface area contributed by atoms with Crippen LogP contribution in [-0.2, 0) is 11.2 Å². The van der Waals surface area contributed by atoms with Gasteiger partial charge in [-0.2, -0.15) is 0 Å². The predicted octanol–water partition coefficient (Wildman–Crippen LogP) is 1.12. The highest BCUT2D eigenvalue weighted by Crippen LogP contribution is 2.18. The molecule has 78 valence electrons. The summed E-state index contributed by atoms with van der Waals surface area (Å²) in [6, 6.07) is -2.66. The number of nitrogens with one attached hydrogen (secondary N) is 1. The molecule has 0 amide bonds. The van der Waals surface area contributed by atoms with Crippen LogP contribution in [0.3, 0.4) is 0 Å². The molecule has 4 nitrogen and oxygen atoms in total. The zero-order chi connectivity index (χ0) is 15.2. The maximum absolute atomic E-state index is 10.8. The molecular formula is C11H12N2O2. The molecule has 0 saturated heterocycles. The number of carbonyl (C=O) groups is 1. The number of nitrogens with two attached hydrogens (primary N) is 1. The molecule has 1 aromatic carbocycles. The molecule has 0 unspecified atom stereocenters. The van der Waals surface area contributed by atoms with Crippen LogP contribution in [0.25, 0.3) is 10.9 Å². The molecule has 1 atom stereocenters. The molecule has 1 aromatic heterocycles. The Morgan fingerprint density at radius 3 is 3.07 bits per heavy atom. The quantitative estimate of drug-likeness (QED) is 0.666. The highest BCUT2D eigenvalue weighted by Gasteiger charge is 2.14. The zero-order valence-corrected chi connectivity index (χ0v) is 7.72. The summed E-state index contributed by atoms with van der Waals surface area (Å²) in [4.78, 5) is 13.4. The number of aromatic nitrogens is 1. The summed E-state index contributed by atoms with van der Waals surface area (Å²) in [5.74, 6) is -1.24. The molecule has 4 heteroatoms. The van der Waals surface area contributed by atoms with Crippen molar-refractivity contribution in [3.63, 3.8) is 0 Å². The average Bonchev–Trinajstić information content (AvgIpc) is 2.71. The summed E-state index contributed by atoms with van der Waals surface area (Å²) < 4.78 is 38.6. The fraction of sp³-hybridized carbons (Fsp3) is 0.182. The number of H-pyrrole nitrogens is 1. The van der Waals surface area contributed by atoms with Crippen molar-refractivity contribution < 1.29 is 16.8 Å². The summed E-state index contributed by atoms with van der Waals surface area (Å²) in [7, 11) is 0. The van der Waals surface area contributed by atoms with Crippen LogP contribution >= 0.6 is 0 Å². The van der Waals surface area contributed by atoms with E-state index in [9.17, 15) is 4.79 Å². The van der Waals surface area contributed by atoms with Crippen LogP contribution in [0.2, 0.25) is 0 Å². The first-order valence-electron chi connectivity index (χ1n) is 6.81. The van der Waals surface area contributed by atoms with Gasteiger partial charge in [0.2, 0.25) is 0 Å². The van der Waals surface area contributed by atoms with Crippen LogP contribution in [0.1, 0.15) is 12.4 Å². The first-order chi connectivity index (χ1) is 9.25. The lowest BCUT2D eigenvalue weighted by molar-refractivity contribution is -0.138. The Balaban J connectivity index is 2.73. The molecule has 2 rings (SSSR count). The highest BCUT2D eigenvalue weighted by atomic mass is 16.4. The van der Waals surface area contributed by atoms with Gasteiger partial charge in [-0.25, -0.2) is 0 Å². The van der Waals surface area contributed by atoms with E-state index in [4.69, 9.17) is 17.7 Å². The SMILES string of the molecule is [2H]c1[15nH]c2c([2H])c([2H])c([2H])c([2H])c2c1C[C@H]([15NH2])C(=O)O. The smallest absolute Gasteiger partial charge is 0.320 e. The van der Waals surface area contributed by atoms with E-state index >= 15 is 0 Å². The van der Waals surface area contributed by atoms with Crippen molar-refractivity contribution in [3.8, 4) is 0 Å². The van der Waals surface area contributed by atoms with Gasteiger partial charge in [0, 0.05) is 23.5 Å². The van der Waals surface area contributed by atoms with Crippen LogP contribution in [0, 0.1) is 0 Å². The van der Waals surface area contributed by atoms with Gasteiger partial charge < -0.3 is 15.8 Å². The summed E-state index contributed by atoms with van der Waals surface area (Å²) in [5.41, 5.74) is 5.71. The monoisotopic (exact) mass is 211 g/mol. The van der Waals surface area contributed by atoms with Gasteiger partial charge in [-0.15, -0.1) is 0 Å². The number of carboxylic acids is 1. The molecule has 2 aromatic rings. The molecule has 0 bridgehead atoms. The molecule has 0 fully saturated rings. The summed E-state index contributed by atoms with van der Waals surface area (Å²) in [5, 5.41) is 8.94. The summed E-state index contributed by atoms with van der Waals surface area (Å²) in [6.45, 7) is 0. The number of aromatic amines is 1. The number of benzene rings is 1. The third-order valence-corrected chi connectivity index (χ3v) is 2.07. The number of carboxylic acid groups (broad SMARTS) is 1. The first-order valence-corrected chi connectivity index (χ1v) is 4.31. The van der Waals surface area contributed by atoms with E-state index in [0.717, 1.165) is 0 Å². The minimum Gasteiger partial charge on any atom is -0.480 e. The van der Waals surface area contributed by atoms with E-state index in [1.165, 1.54) is 0 Å². The number of rotatable bonds is 3. The maximum Gasteiger partial charge on any atom is 0.320 e. The van der Waals surface area contributed by atoms with Crippen LogP contribution < -0.4 is 5.73 Å². The Morgan fingerprint density at radius 2 is 2.33 bits per heavy atom. The van der Waals surface area contributed by atoms with Crippen LogP contribution in [0.15, 0.2) is 30.3 Å². The van der Waals surface area contributed by atoms with Gasteiger partial charge in [0.15, 0.2) is 0 Å². The molecule has 0 aliphatic rings. The van der Waals surface area contributed by atoms with E-state index < -0.39 is 24.1 Å². The van der Waals surface area contributed by atoms with Crippen molar-refractivity contribution in [1.29, 1.82) is 0 Å². The normalized spacial score (nSPS) is 17.5. The number of fused-ring (bicyclic) bond motifs is 1. The van der Waals surface area contributed by atoms with Crippen molar-refractivity contribution >= 4 is 16.9 Å². The topological polar surface area (TPSA) is 79.1 Å². The lowest BCUT2D eigenvalue weighted by Gasteiger charge is -2.04. The van der Waals surface area contributed by atoms with Gasteiger partial charge in [0.1, 0.15) is 6.04 Å². The first kappa shape index (κ1) is 5.32. The van der Waals surface area contributed by atoms with Gasteiger partial charge >= 0.3 is 5.97 Å². The van der Waals surface area contributed by atoms with Gasteiger partial charge in [-0.3, -0.25) is 4.79 Å². The molecule has 1 heterocycles. The van der Waals surface area contributed by atoms with E-state index in [-0.39, 0.29) is 41.1 Å². The lowest BCUT2D eigenvalue weighted by Crippen LogP contribution is -2.32. The molecule has 0 aliphatic heterocycles. The average molecular weight is 211 g/mol. The molecule has 4 N–H and O–H groups in total. The molecular weight excluding hydrogens is 194 g/mol. The zero-order valence-electron chi connectivity index (χ0n) is 12.7. The van der Waals surface area contributed by atoms with Crippen molar-refractivity contribution in [1.82, 2.24) is 4.98 Å². The van der Waals surface area contributed by atoms with E-state index in [2.05, 4.69) is 4.98 Å². The second-order valence-electron chi connectivity index (χ2n) is 3.13. The Bertz CT molecular complexity index is 713. The summed E-state index contributed by atoms with van der Waals surface area (Å²) >= 11 is 0. The Kier molecular flexibility index (Phi) is 1.33. The fourth-order valence-electron chi connectivity index (χ4n) is 1.29. The maximum atomic E-state index is 10.8. The molecule has 0 spiro atoms. The van der Waals surface area contributed by atoms with Crippen LogP contribution in [-0.4, -0.2) is 22.1 Å². The number of hydrogen-bond acceptors (Lipinski definition) is 2. The highest BCUT2D eigenvalue weighted by molar-refractivity contribution is 5.84. The number of para-hydroxylation sites is 1. The minimum absolute atomic E-state index is 0.0913. The van der Waals surface area contributed by atoms with Crippen molar-refractivity contribution in [3.05, 3.63) is 35.9 Å². The van der Waals surface area contributed by atoms with Crippen molar-refractivity contribution in [2.75, 3.05) is 0 Å². The molecule has 15 heavy (non-hydrogen) atoms. The Labute approximate surface area is 93.7 Å². The fourth-order valence-corrected chi connectivity index (χ4v) is 1.29. The second kappa shape index (κ2) is 3.74. The van der Waals surface area contributed by atoms with Gasteiger partial charge in [0.05, 0.1) is 6.85 Å². The molecule has 0 saturated carbocycles. The lowest BCUT2D eigenvalue weighted by atomic mass is 10.1. The van der Waals surface area contributed by atoms with Gasteiger partial charge in [0.25, 0.3) is 0 Å². The van der Waals surface area contributed by atoms with Crippen LogP contribution in [0.4, 0.5) is 0 Å². The third-order valence-electron chi connectivity index (χ3n) is 2.07. The van der Waals surface area contributed by atoms with Gasteiger partial charge in [-0.1, -0.05) is 18.1 Å². The second-order valence-corrected chi connectivity index (χ2v) is 3.13. The largest absolute Gasteiger partial charge is 0.480 e. The molecule has 0 aliphatic carbocycles.